The maximum absolute atomic E-state index is 11.8. The first-order valence-electron chi connectivity index (χ1n) is 2.78. The van der Waals surface area contributed by atoms with Crippen molar-refractivity contribution in [3.05, 3.63) is 0 Å². The van der Waals surface area contributed by atoms with Crippen molar-refractivity contribution < 1.29 is 22.7 Å². The molecule has 11 heavy (non-hydrogen) atoms. The minimum Gasteiger partial charge on any atom is -0.469 e. The summed E-state index contributed by atoms with van der Waals surface area (Å²) in [6.45, 7) is -0.782. The number of alkyl halides is 3. The summed E-state index contributed by atoms with van der Waals surface area (Å²) in [6, 6.07) is 0. The van der Waals surface area contributed by atoms with Crippen LogP contribution in [-0.2, 0) is 9.53 Å². The molecule has 0 aromatic carbocycles. The molecule has 0 saturated heterocycles. The summed E-state index contributed by atoms with van der Waals surface area (Å²) in [6.07, 6.45) is -4.61. The highest BCUT2D eigenvalue weighted by Gasteiger charge is 2.44. The van der Waals surface area contributed by atoms with E-state index in [1.54, 1.807) is 0 Å². The molecule has 0 bridgehead atoms. The molecule has 0 saturated carbocycles. The van der Waals surface area contributed by atoms with Crippen LogP contribution in [0, 0.1) is 5.92 Å². The number of esters is 1. The van der Waals surface area contributed by atoms with E-state index < -0.39 is 24.6 Å². The van der Waals surface area contributed by atoms with E-state index >= 15 is 0 Å². The van der Waals surface area contributed by atoms with Gasteiger partial charge in [0, 0.05) is 6.54 Å². The van der Waals surface area contributed by atoms with Gasteiger partial charge in [-0.2, -0.15) is 13.2 Å². The highest BCUT2D eigenvalue weighted by molar-refractivity contribution is 5.73. The number of carbonyl (C=O) groups is 1. The Morgan fingerprint density at radius 3 is 2.18 bits per heavy atom. The molecule has 0 rings (SSSR count). The molecule has 3 nitrogen and oxygen atoms in total. The SMILES string of the molecule is COC(=O)[C@@H](CN)C(F)(F)F. The van der Waals surface area contributed by atoms with E-state index in [0.29, 0.717) is 0 Å². The number of ether oxygens (including phenoxy) is 1. The molecule has 66 valence electrons. The predicted octanol–water partition coefficient (Wildman–Crippen LogP) is 0.297. The normalized spacial score (nSPS) is 14.3. The van der Waals surface area contributed by atoms with E-state index in [0.717, 1.165) is 7.11 Å². The lowest BCUT2D eigenvalue weighted by Crippen LogP contribution is -2.37. The topological polar surface area (TPSA) is 52.3 Å². The predicted molar refractivity (Wildman–Crippen MR) is 30.6 cm³/mol. The monoisotopic (exact) mass is 171 g/mol. The number of methoxy groups -OCH3 is 1. The molecular weight excluding hydrogens is 163 g/mol. The minimum absolute atomic E-state index is 0.782. The summed E-state index contributed by atoms with van der Waals surface area (Å²) in [5, 5.41) is 0. The fourth-order valence-corrected chi connectivity index (χ4v) is 0.506. The van der Waals surface area contributed by atoms with Gasteiger partial charge in [-0.15, -0.1) is 0 Å². The van der Waals surface area contributed by atoms with Gasteiger partial charge in [-0.25, -0.2) is 0 Å². The van der Waals surface area contributed by atoms with Crippen molar-refractivity contribution in [2.75, 3.05) is 13.7 Å². The van der Waals surface area contributed by atoms with Crippen LogP contribution < -0.4 is 5.73 Å². The van der Waals surface area contributed by atoms with Crippen LogP contribution in [0.2, 0.25) is 0 Å². The lowest BCUT2D eigenvalue weighted by molar-refractivity contribution is -0.193. The fraction of sp³-hybridized carbons (Fsp3) is 0.800. The number of carbonyl (C=O) groups excluding carboxylic acids is 1. The third-order valence-electron chi connectivity index (χ3n) is 1.12. The zero-order valence-electron chi connectivity index (χ0n) is 5.81. The van der Waals surface area contributed by atoms with Crippen molar-refractivity contribution in [1.29, 1.82) is 0 Å². The summed E-state index contributed by atoms with van der Waals surface area (Å²) in [4.78, 5) is 10.4. The number of nitrogens with two attached hydrogens (primary N) is 1. The van der Waals surface area contributed by atoms with Crippen LogP contribution in [0.25, 0.3) is 0 Å². The Bertz CT molecular complexity index is 145. The lowest BCUT2D eigenvalue weighted by atomic mass is 10.1. The maximum Gasteiger partial charge on any atom is 0.403 e. The molecule has 0 unspecified atom stereocenters. The highest BCUT2D eigenvalue weighted by Crippen LogP contribution is 2.25. The van der Waals surface area contributed by atoms with Gasteiger partial charge in [-0.3, -0.25) is 4.79 Å². The third-order valence-corrected chi connectivity index (χ3v) is 1.12. The van der Waals surface area contributed by atoms with Gasteiger partial charge < -0.3 is 10.5 Å². The lowest BCUT2D eigenvalue weighted by Gasteiger charge is -2.14. The van der Waals surface area contributed by atoms with Gasteiger partial charge in [-0.05, 0) is 0 Å². The Kier molecular flexibility index (Phi) is 3.31. The largest absolute Gasteiger partial charge is 0.469 e. The van der Waals surface area contributed by atoms with Crippen molar-refractivity contribution in [3.8, 4) is 0 Å². The average Bonchev–Trinajstić information content (AvgIpc) is 1.86. The first-order chi connectivity index (χ1) is 4.93. The standard InChI is InChI=1S/C5H8F3NO2/c1-11-4(10)3(2-9)5(6,7)8/h3H,2,9H2,1H3/t3-/m1/s1. The zero-order valence-corrected chi connectivity index (χ0v) is 5.81. The van der Waals surface area contributed by atoms with Crippen molar-refractivity contribution in [2.45, 2.75) is 6.18 Å². The van der Waals surface area contributed by atoms with Crippen LogP contribution in [0.5, 0.6) is 0 Å². The minimum atomic E-state index is -4.61. The number of hydrogen-bond acceptors (Lipinski definition) is 3. The quantitative estimate of drug-likeness (QED) is 0.608. The summed E-state index contributed by atoms with van der Waals surface area (Å²) in [5.41, 5.74) is 4.71. The van der Waals surface area contributed by atoms with E-state index in [1.165, 1.54) is 0 Å². The van der Waals surface area contributed by atoms with E-state index in [4.69, 9.17) is 5.73 Å². The van der Waals surface area contributed by atoms with Crippen molar-refractivity contribution >= 4 is 5.97 Å². The Morgan fingerprint density at radius 1 is 1.64 bits per heavy atom. The van der Waals surface area contributed by atoms with Crippen LogP contribution in [0.4, 0.5) is 13.2 Å². The second-order valence-electron chi connectivity index (χ2n) is 1.85. The van der Waals surface area contributed by atoms with E-state index in [9.17, 15) is 18.0 Å². The molecule has 0 amide bonds. The molecular formula is C5H8F3NO2. The first kappa shape index (κ1) is 10.2. The molecule has 0 fully saturated rings. The van der Waals surface area contributed by atoms with Gasteiger partial charge in [0.2, 0.25) is 0 Å². The molecule has 0 heterocycles. The smallest absolute Gasteiger partial charge is 0.403 e. The summed E-state index contributed by atoms with van der Waals surface area (Å²) >= 11 is 0. The molecule has 0 aliphatic carbocycles. The second-order valence-corrected chi connectivity index (χ2v) is 1.85. The zero-order chi connectivity index (χ0) is 9.07. The van der Waals surface area contributed by atoms with E-state index in [2.05, 4.69) is 4.74 Å². The number of rotatable bonds is 2. The molecule has 2 N–H and O–H groups in total. The van der Waals surface area contributed by atoms with Crippen LogP contribution in [0.3, 0.4) is 0 Å². The molecule has 6 heteroatoms. The van der Waals surface area contributed by atoms with Crippen LogP contribution in [0.1, 0.15) is 0 Å². The van der Waals surface area contributed by atoms with Gasteiger partial charge in [0.25, 0.3) is 0 Å². The van der Waals surface area contributed by atoms with Crippen LogP contribution in [-0.4, -0.2) is 25.8 Å². The Balaban J connectivity index is 4.29. The van der Waals surface area contributed by atoms with Gasteiger partial charge >= 0.3 is 12.1 Å². The van der Waals surface area contributed by atoms with Gasteiger partial charge in [0.05, 0.1) is 7.11 Å². The van der Waals surface area contributed by atoms with Crippen molar-refractivity contribution in [2.24, 2.45) is 11.7 Å². The Morgan fingerprint density at radius 2 is 2.09 bits per heavy atom. The van der Waals surface area contributed by atoms with Gasteiger partial charge in [0.15, 0.2) is 5.92 Å². The Hall–Kier alpha value is -0.780. The highest BCUT2D eigenvalue weighted by atomic mass is 19.4. The summed E-state index contributed by atoms with van der Waals surface area (Å²) < 4.78 is 39.2. The molecule has 1 atom stereocenters. The van der Waals surface area contributed by atoms with Gasteiger partial charge in [-0.1, -0.05) is 0 Å². The molecule has 0 aliphatic heterocycles. The Labute approximate surface area is 61.3 Å². The average molecular weight is 171 g/mol. The van der Waals surface area contributed by atoms with Crippen molar-refractivity contribution in [1.82, 2.24) is 0 Å². The van der Waals surface area contributed by atoms with E-state index in [1.807, 2.05) is 0 Å². The fourth-order valence-electron chi connectivity index (χ4n) is 0.506. The van der Waals surface area contributed by atoms with Crippen molar-refractivity contribution in [3.63, 3.8) is 0 Å². The molecule has 0 aromatic rings. The number of halogens is 3. The van der Waals surface area contributed by atoms with Gasteiger partial charge in [0.1, 0.15) is 0 Å². The third kappa shape index (κ3) is 2.75. The maximum atomic E-state index is 11.8. The number of hydrogen-bond donors (Lipinski definition) is 1. The van der Waals surface area contributed by atoms with E-state index in [-0.39, 0.29) is 0 Å². The molecule has 0 aliphatic rings. The van der Waals surface area contributed by atoms with Crippen LogP contribution in [0.15, 0.2) is 0 Å². The molecule has 0 aromatic heterocycles. The molecule has 0 spiro atoms. The first-order valence-corrected chi connectivity index (χ1v) is 2.78. The summed E-state index contributed by atoms with van der Waals surface area (Å²) in [5.74, 6) is -3.55. The summed E-state index contributed by atoms with van der Waals surface area (Å²) in [7, 11) is 0.886. The van der Waals surface area contributed by atoms with Crippen LogP contribution >= 0.6 is 0 Å². The second kappa shape index (κ2) is 3.56. The molecule has 0 radical (unpaired) electrons.